The summed E-state index contributed by atoms with van der Waals surface area (Å²) in [5.41, 5.74) is 0.645. The molecule has 0 bridgehead atoms. The predicted octanol–water partition coefficient (Wildman–Crippen LogP) is 4.25. The molecule has 0 saturated heterocycles. The average Bonchev–Trinajstić information content (AvgIpc) is 3.40. The molecule has 0 spiro atoms. The summed E-state index contributed by atoms with van der Waals surface area (Å²) in [4.78, 5) is 13.9. The van der Waals surface area contributed by atoms with Crippen molar-refractivity contribution >= 4 is 33.3 Å². The zero-order valence-electron chi connectivity index (χ0n) is 21.1. The van der Waals surface area contributed by atoms with E-state index in [-0.39, 0.29) is 24.5 Å². The molecule has 2 aromatic heterocycles. The van der Waals surface area contributed by atoms with E-state index in [1.165, 1.54) is 29.5 Å². The lowest BCUT2D eigenvalue weighted by Crippen LogP contribution is -2.40. The van der Waals surface area contributed by atoms with Crippen LogP contribution in [0, 0.1) is 24.5 Å². The van der Waals surface area contributed by atoms with Crippen molar-refractivity contribution in [2.24, 2.45) is 5.92 Å². The number of aryl methyl sites for hydroxylation is 1. The number of aliphatic hydroxyl groups excluding tert-OH is 2. The molecule has 1 aliphatic rings. The van der Waals surface area contributed by atoms with Gasteiger partial charge < -0.3 is 26.0 Å². The van der Waals surface area contributed by atoms with E-state index in [1.807, 2.05) is 24.3 Å². The standard InChI is InChI=1S/C27H29F2N5O3S/c1-13-21(25-33-18-9-4-5-10-20(18)38-25)24(32-19-11-15(27(2,3)37)22(35)23(19)36)34-26(31-13)30-12-14-16(28)7-6-8-17(14)29/h4-10,15,19,22-23,35-37H,11-12H2,1-3H3,(H2,30,31,32,34)/t15-,19+,22+,23-/m0/s1. The molecule has 0 aliphatic heterocycles. The number of nitrogens with zero attached hydrogens (tertiary/aromatic N) is 3. The van der Waals surface area contributed by atoms with Crippen LogP contribution < -0.4 is 10.6 Å². The normalized spacial score (nSPS) is 21.7. The summed E-state index contributed by atoms with van der Waals surface area (Å²) >= 11 is 1.46. The topological polar surface area (TPSA) is 123 Å². The molecule has 4 atom stereocenters. The Kier molecular flexibility index (Phi) is 7.03. The van der Waals surface area contributed by atoms with E-state index >= 15 is 0 Å². The van der Waals surface area contributed by atoms with Crippen LogP contribution in [-0.4, -0.2) is 54.1 Å². The van der Waals surface area contributed by atoms with Crippen LogP contribution in [0.5, 0.6) is 0 Å². The summed E-state index contributed by atoms with van der Waals surface area (Å²) < 4.78 is 29.3. The van der Waals surface area contributed by atoms with Gasteiger partial charge in [-0.15, -0.1) is 11.3 Å². The Bertz CT molecular complexity index is 1420. The number of benzene rings is 2. The lowest BCUT2D eigenvalue weighted by molar-refractivity contribution is -0.0601. The Hall–Kier alpha value is -3.25. The number of thiazole rings is 1. The number of hydrogen-bond acceptors (Lipinski definition) is 9. The molecule has 4 aromatic rings. The minimum Gasteiger partial charge on any atom is -0.390 e. The smallest absolute Gasteiger partial charge is 0.225 e. The fraction of sp³-hybridized carbons (Fsp3) is 0.370. The summed E-state index contributed by atoms with van der Waals surface area (Å²) in [5, 5.41) is 38.7. The van der Waals surface area contributed by atoms with Crippen molar-refractivity contribution in [1.29, 1.82) is 0 Å². The number of aliphatic hydroxyl groups is 3. The maximum Gasteiger partial charge on any atom is 0.225 e. The van der Waals surface area contributed by atoms with E-state index in [2.05, 4.69) is 20.6 Å². The SMILES string of the molecule is Cc1nc(NCc2c(F)cccc2F)nc(N[C@@H]2C[C@H](C(C)(C)O)[C@@H](O)[C@H]2O)c1-c1nc2ccccc2s1. The predicted molar refractivity (Wildman–Crippen MR) is 143 cm³/mol. The molecule has 0 unspecified atom stereocenters. The van der Waals surface area contributed by atoms with E-state index < -0.39 is 41.4 Å². The molecule has 1 saturated carbocycles. The fourth-order valence-electron chi connectivity index (χ4n) is 4.91. The van der Waals surface area contributed by atoms with Crippen molar-refractivity contribution in [3.8, 4) is 10.6 Å². The molecule has 5 rings (SSSR count). The van der Waals surface area contributed by atoms with Crippen molar-refractivity contribution in [1.82, 2.24) is 15.0 Å². The van der Waals surface area contributed by atoms with Gasteiger partial charge in [0.05, 0.1) is 39.2 Å². The van der Waals surface area contributed by atoms with Gasteiger partial charge >= 0.3 is 0 Å². The molecule has 1 aliphatic carbocycles. The maximum atomic E-state index is 14.2. The second kappa shape index (κ2) is 10.1. The van der Waals surface area contributed by atoms with Crippen molar-refractivity contribution in [2.75, 3.05) is 10.6 Å². The lowest BCUT2D eigenvalue weighted by atomic mass is 9.88. The van der Waals surface area contributed by atoms with Gasteiger partial charge in [-0.1, -0.05) is 18.2 Å². The van der Waals surface area contributed by atoms with E-state index in [1.54, 1.807) is 20.8 Å². The van der Waals surface area contributed by atoms with Gasteiger partial charge in [-0.3, -0.25) is 0 Å². The van der Waals surface area contributed by atoms with E-state index in [9.17, 15) is 24.1 Å². The molecule has 1 fully saturated rings. The number of rotatable bonds is 7. The quantitative estimate of drug-likeness (QED) is 0.235. The molecule has 5 N–H and O–H groups in total. The fourth-order valence-corrected chi connectivity index (χ4v) is 5.98. The molecule has 8 nitrogen and oxygen atoms in total. The summed E-state index contributed by atoms with van der Waals surface area (Å²) in [7, 11) is 0. The summed E-state index contributed by atoms with van der Waals surface area (Å²) in [6.07, 6.45) is -2.01. The Balaban J connectivity index is 1.53. The van der Waals surface area contributed by atoms with Crippen LogP contribution in [-0.2, 0) is 6.54 Å². The van der Waals surface area contributed by atoms with Crippen LogP contribution in [0.1, 0.15) is 31.5 Å². The molecule has 38 heavy (non-hydrogen) atoms. The Morgan fingerprint density at radius 3 is 2.37 bits per heavy atom. The molecule has 2 heterocycles. The number of aromatic nitrogens is 3. The van der Waals surface area contributed by atoms with Crippen molar-refractivity contribution < 1.29 is 24.1 Å². The highest BCUT2D eigenvalue weighted by atomic mass is 32.1. The summed E-state index contributed by atoms with van der Waals surface area (Å²) in [6.45, 7) is 4.80. The zero-order chi connectivity index (χ0) is 27.2. The van der Waals surface area contributed by atoms with Gasteiger partial charge in [0.1, 0.15) is 28.6 Å². The maximum absolute atomic E-state index is 14.2. The van der Waals surface area contributed by atoms with Gasteiger partial charge in [0, 0.05) is 18.0 Å². The van der Waals surface area contributed by atoms with Crippen molar-refractivity contribution in [3.63, 3.8) is 0 Å². The first-order valence-electron chi connectivity index (χ1n) is 12.3. The van der Waals surface area contributed by atoms with E-state index in [0.29, 0.717) is 22.1 Å². The lowest BCUT2D eigenvalue weighted by Gasteiger charge is -2.28. The van der Waals surface area contributed by atoms with E-state index in [0.717, 1.165) is 10.2 Å². The van der Waals surface area contributed by atoms with Crippen LogP contribution in [0.2, 0.25) is 0 Å². The van der Waals surface area contributed by atoms with Crippen LogP contribution >= 0.6 is 11.3 Å². The number of anilines is 2. The number of fused-ring (bicyclic) bond motifs is 1. The first-order chi connectivity index (χ1) is 18.0. The van der Waals surface area contributed by atoms with Crippen LogP contribution in [0.3, 0.4) is 0 Å². The highest BCUT2D eigenvalue weighted by Gasteiger charge is 2.48. The molecule has 0 radical (unpaired) electrons. The molecule has 2 aromatic carbocycles. The molecule has 11 heteroatoms. The van der Waals surface area contributed by atoms with Crippen LogP contribution in [0.4, 0.5) is 20.5 Å². The van der Waals surface area contributed by atoms with Gasteiger partial charge in [0.2, 0.25) is 5.95 Å². The van der Waals surface area contributed by atoms with Crippen molar-refractivity contribution in [3.05, 3.63) is 65.4 Å². The molecule has 0 amide bonds. The third-order valence-corrected chi connectivity index (χ3v) is 8.05. The monoisotopic (exact) mass is 541 g/mol. The van der Waals surface area contributed by atoms with Gasteiger partial charge in [-0.05, 0) is 51.5 Å². The number of nitrogens with one attached hydrogen (secondary N) is 2. The third kappa shape index (κ3) is 5.06. The first-order valence-corrected chi connectivity index (χ1v) is 13.1. The summed E-state index contributed by atoms with van der Waals surface area (Å²) in [6, 6.07) is 10.7. The number of para-hydroxylation sites is 1. The number of halogens is 2. The highest BCUT2D eigenvalue weighted by molar-refractivity contribution is 7.21. The highest BCUT2D eigenvalue weighted by Crippen LogP contribution is 2.40. The van der Waals surface area contributed by atoms with E-state index in [4.69, 9.17) is 4.98 Å². The number of hydrogen-bond donors (Lipinski definition) is 5. The first kappa shape index (κ1) is 26.4. The molecular formula is C27H29F2N5O3S. The Morgan fingerprint density at radius 2 is 1.71 bits per heavy atom. The molecule has 200 valence electrons. The van der Waals surface area contributed by atoms with Gasteiger partial charge in [0.25, 0.3) is 0 Å². The second-order valence-electron chi connectivity index (χ2n) is 10.1. The minimum atomic E-state index is -1.20. The van der Waals surface area contributed by atoms with Gasteiger partial charge in [-0.2, -0.15) is 4.98 Å². The summed E-state index contributed by atoms with van der Waals surface area (Å²) in [5.74, 6) is -1.45. The van der Waals surface area contributed by atoms with Crippen molar-refractivity contribution in [2.45, 2.75) is 57.6 Å². The zero-order valence-corrected chi connectivity index (χ0v) is 21.9. The van der Waals surface area contributed by atoms with Crippen LogP contribution in [0.25, 0.3) is 20.8 Å². The van der Waals surface area contributed by atoms with Gasteiger partial charge in [-0.25, -0.2) is 18.7 Å². The van der Waals surface area contributed by atoms with Crippen LogP contribution in [0.15, 0.2) is 42.5 Å². The largest absolute Gasteiger partial charge is 0.390 e. The average molecular weight is 542 g/mol. The third-order valence-electron chi connectivity index (χ3n) is 6.99. The minimum absolute atomic E-state index is 0.129. The Morgan fingerprint density at radius 1 is 1.00 bits per heavy atom. The Labute approximate surface area is 222 Å². The molecular weight excluding hydrogens is 512 g/mol. The van der Waals surface area contributed by atoms with Gasteiger partial charge in [0.15, 0.2) is 0 Å². The second-order valence-corrected chi connectivity index (χ2v) is 11.2.